The first kappa shape index (κ1) is 21.2. The third kappa shape index (κ3) is 3.52. The quantitative estimate of drug-likeness (QED) is 0.747. The standard InChI is InChI=1S/C21H22ClFN4O4/c1-2-25-15-8-3-4-9-26(15)27-11-13(18(28)19(29)17(27)21(25)31)20(30)24-10-12-6-5-7-14(22)16(12)23/h5-7,11,15,29H,2-4,8-10H2,1H3,(H,24,30)/t15-/m0/s1. The van der Waals surface area contributed by atoms with Crippen LogP contribution in [0.4, 0.5) is 4.39 Å². The summed E-state index contributed by atoms with van der Waals surface area (Å²) >= 11 is 5.76. The van der Waals surface area contributed by atoms with Crippen molar-refractivity contribution in [3.8, 4) is 5.75 Å². The molecule has 1 aromatic carbocycles. The number of piperidine rings is 1. The minimum absolute atomic E-state index is 0.0756. The maximum Gasteiger partial charge on any atom is 0.278 e. The Morgan fingerprint density at radius 3 is 2.84 bits per heavy atom. The van der Waals surface area contributed by atoms with Crippen molar-refractivity contribution in [2.75, 3.05) is 18.1 Å². The lowest BCUT2D eigenvalue weighted by molar-refractivity contribution is 0.0534. The van der Waals surface area contributed by atoms with Gasteiger partial charge < -0.3 is 15.3 Å². The van der Waals surface area contributed by atoms with E-state index in [1.165, 1.54) is 23.0 Å². The van der Waals surface area contributed by atoms with Crippen LogP contribution in [0.3, 0.4) is 0 Å². The largest absolute Gasteiger partial charge is 0.502 e. The molecule has 1 saturated heterocycles. The van der Waals surface area contributed by atoms with Crippen LogP contribution in [0.2, 0.25) is 5.02 Å². The second-order valence-corrected chi connectivity index (χ2v) is 7.95. The summed E-state index contributed by atoms with van der Waals surface area (Å²) in [7, 11) is 0. The van der Waals surface area contributed by atoms with Gasteiger partial charge in [-0.05, 0) is 32.3 Å². The van der Waals surface area contributed by atoms with Crippen LogP contribution >= 0.6 is 11.6 Å². The number of pyridine rings is 1. The van der Waals surface area contributed by atoms with Gasteiger partial charge in [0.25, 0.3) is 11.8 Å². The summed E-state index contributed by atoms with van der Waals surface area (Å²) in [6.07, 6.45) is 3.65. The molecule has 2 aliphatic rings. The normalized spacial score (nSPS) is 17.9. The summed E-state index contributed by atoms with van der Waals surface area (Å²) in [5, 5.41) is 14.8. The van der Waals surface area contributed by atoms with E-state index in [1.54, 1.807) is 11.0 Å². The first-order chi connectivity index (χ1) is 14.8. The fourth-order valence-electron chi connectivity index (χ4n) is 4.20. The van der Waals surface area contributed by atoms with E-state index in [0.29, 0.717) is 13.1 Å². The van der Waals surface area contributed by atoms with Crippen LogP contribution in [-0.2, 0) is 6.54 Å². The van der Waals surface area contributed by atoms with Crippen LogP contribution in [0.25, 0.3) is 0 Å². The average molecular weight is 449 g/mol. The van der Waals surface area contributed by atoms with Crippen molar-refractivity contribution >= 4 is 23.4 Å². The number of carbonyl (C=O) groups is 2. The first-order valence-corrected chi connectivity index (χ1v) is 10.5. The fraction of sp³-hybridized carbons (Fsp3) is 0.381. The van der Waals surface area contributed by atoms with Crippen molar-refractivity contribution < 1.29 is 19.1 Å². The van der Waals surface area contributed by atoms with Crippen molar-refractivity contribution in [2.24, 2.45) is 0 Å². The molecule has 0 unspecified atom stereocenters. The summed E-state index contributed by atoms with van der Waals surface area (Å²) in [5.41, 5.74) is -1.27. The summed E-state index contributed by atoms with van der Waals surface area (Å²) in [6.45, 7) is 2.69. The van der Waals surface area contributed by atoms with Crippen molar-refractivity contribution in [3.05, 3.63) is 62.3 Å². The highest BCUT2D eigenvalue weighted by atomic mass is 35.5. The van der Waals surface area contributed by atoms with Crippen molar-refractivity contribution in [3.63, 3.8) is 0 Å². The SMILES string of the molecule is CCN1C(=O)c2c(O)c(=O)c(C(=O)NCc3cccc(Cl)c3F)cn2N2CCCC[C@@H]12. The molecule has 2 aromatic rings. The van der Waals surface area contributed by atoms with Gasteiger partial charge in [-0.3, -0.25) is 24.1 Å². The summed E-state index contributed by atoms with van der Waals surface area (Å²) in [5.74, 6) is -2.66. The number of aromatic nitrogens is 1. The van der Waals surface area contributed by atoms with Gasteiger partial charge in [0.05, 0.1) is 5.02 Å². The zero-order valence-electron chi connectivity index (χ0n) is 16.9. The molecule has 164 valence electrons. The van der Waals surface area contributed by atoms with Gasteiger partial charge in [0.2, 0.25) is 5.43 Å². The average Bonchev–Trinajstić information content (AvgIpc) is 2.77. The van der Waals surface area contributed by atoms with E-state index in [9.17, 15) is 23.9 Å². The molecule has 2 N–H and O–H groups in total. The van der Waals surface area contributed by atoms with Crippen molar-refractivity contribution in [2.45, 2.75) is 38.9 Å². The third-order valence-electron chi connectivity index (χ3n) is 5.76. The molecule has 31 heavy (non-hydrogen) atoms. The van der Waals surface area contributed by atoms with Gasteiger partial charge in [-0.1, -0.05) is 23.7 Å². The maximum atomic E-state index is 14.1. The molecule has 0 saturated carbocycles. The van der Waals surface area contributed by atoms with E-state index < -0.39 is 28.8 Å². The summed E-state index contributed by atoms with van der Waals surface area (Å²) in [4.78, 5) is 40.0. The number of nitrogens with one attached hydrogen (secondary N) is 1. The van der Waals surface area contributed by atoms with E-state index in [2.05, 4.69) is 5.32 Å². The van der Waals surface area contributed by atoms with E-state index >= 15 is 0 Å². The Bertz CT molecular complexity index is 1120. The summed E-state index contributed by atoms with van der Waals surface area (Å²) in [6, 6.07) is 4.41. The Balaban J connectivity index is 1.70. The molecule has 2 amide bonds. The number of aromatic hydroxyl groups is 1. The molecular formula is C21H22ClFN4O4. The predicted octanol–water partition coefficient (Wildman–Crippen LogP) is 2.20. The van der Waals surface area contributed by atoms with Crippen LogP contribution in [0, 0.1) is 5.82 Å². The summed E-state index contributed by atoms with van der Waals surface area (Å²) < 4.78 is 15.5. The van der Waals surface area contributed by atoms with Crippen LogP contribution in [-0.4, -0.2) is 45.8 Å². The lowest BCUT2D eigenvalue weighted by Crippen LogP contribution is -2.63. The zero-order valence-corrected chi connectivity index (χ0v) is 17.7. The number of hydrogen-bond acceptors (Lipinski definition) is 5. The van der Waals surface area contributed by atoms with Crippen LogP contribution in [0.5, 0.6) is 5.75 Å². The number of fused-ring (bicyclic) bond motifs is 3. The van der Waals surface area contributed by atoms with E-state index in [1.807, 2.05) is 11.9 Å². The van der Waals surface area contributed by atoms with Crippen LogP contribution < -0.4 is 15.8 Å². The van der Waals surface area contributed by atoms with Gasteiger partial charge in [0.15, 0.2) is 11.4 Å². The highest BCUT2D eigenvalue weighted by molar-refractivity contribution is 6.30. The molecule has 1 atom stereocenters. The molecule has 0 radical (unpaired) electrons. The molecule has 10 heteroatoms. The number of rotatable bonds is 4. The number of halogens is 2. The minimum atomic E-state index is -0.949. The van der Waals surface area contributed by atoms with Gasteiger partial charge >= 0.3 is 0 Å². The zero-order chi connectivity index (χ0) is 22.3. The molecule has 4 rings (SSSR count). The second kappa shape index (κ2) is 8.22. The van der Waals surface area contributed by atoms with E-state index in [0.717, 1.165) is 19.3 Å². The van der Waals surface area contributed by atoms with E-state index in [4.69, 9.17) is 11.6 Å². The Morgan fingerprint density at radius 2 is 2.10 bits per heavy atom. The van der Waals surface area contributed by atoms with Crippen LogP contribution in [0.15, 0.2) is 29.2 Å². The topological polar surface area (TPSA) is 94.9 Å². The van der Waals surface area contributed by atoms with Gasteiger partial charge in [0, 0.05) is 31.4 Å². The molecule has 1 fully saturated rings. The maximum absolute atomic E-state index is 14.1. The Hall–Kier alpha value is -3.07. The molecule has 3 heterocycles. The lowest BCUT2D eigenvalue weighted by atomic mass is 10.1. The number of nitrogens with zero attached hydrogens (tertiary/aromatic N) is 3. The second-order valence-electron chi connectivity index (χ2n) is 7.54. The Labute approximate surface area is 182 Å². The molecule has 0 bridgehead atoms. The van der Waals surface area contributed by atoms with Gasteiger partial charge in [-0.2, -0.15) is 0 Å². The van der Waals surface area contributed by atoms with Crippen LogP contribution in [0.1, 0.15) is 52.6 Å². The van der Waals surface area contributed by atoms with Crippen molar-refractivity contribution in [1.82, 2.24) is 14.9 Å². The number of amides is 2. The number of carbonyl (C=O) groups excluding carboxylic acids is 2. The highest BCUT2D eigenvalue weighted by Crippen LogP contribution is 2.29. The van der Waals surface area contributed by atoms with Gasteiger partial charge in [-0.15, -0.1) is 0 Å². The number of benzene rings is 1. The van der Waals surface area contributed by atoms with Gasteiger partial charge in [-0.25, -0.2) is 4.39 Å². The molecule has 0 spiro atoms. The molecule has 8 nitrogen and oxygen atoms in total. The lowest BCUT2D eigenvalue weighted by Gasteiger charge is -2.48. The Kier molecular flexibility index (Phi) is 5.62. The molecule has 2 aliphatic heterocycles. The third-order valence-corrected chi connectivity index (χ3v) is 6.06. The molecule has 1 aromatic heterocycles. The first-order valence-electron chi connectivity index (χ1n) is 10.1. The minimum Gasteiger partial charge on any atom is -0.502 e. The van der Waals surface area contributed by atoms with Crippen molar-refractivity contribution in [1.29, 1.82) is 0 Å². The highest BCUT2D eigenvalue weighted by Gasteiger charge is 2.40. The monoisotopic (exact) mass is 448 g/mol. The van der Waals surface area contributed by atoms with Gasteiger partial charge in [0.1, 0.15) is 17.5 Å². The Morgan fingerprint density at radius 1 is 1.32 bits per heavy atom. The predicted molar refractivity (Wildman–Crippen MR) is 112 cm³/mol. The van der Waals surface area contributed by atoms with E-state index in [-0.39, 0.29) is 34.6 Å². The molecule has 0 aliphatic carbocycles. The molecular weight excluding hydrogens is 427 g/mol. The fourth-order valence-corrected chi connectivity index (χ4v) is 4.40. The smallest absolute Gasteiger partial charge is 0.278 e. The number of hydrogen-bond donors (Lipinski definition) is 2.